The van der Waals surface area contributed by atoms with Crippen molar-refractivity contribution in [3.63, 3.8) is 0 Å². The Morgan fingerprint density at radius 1 is 0.571 bits per heavy atom. The summed E-state index contributed by atoms with van der Waals surface area (Å²) in [5, 5.41) is 0. The summed E-state index contributed by atoms with van der Waals surface area (Å²) in [4.78, 5) is 0. The van der Waals surface area contributed by atoms with E-state index in [1.807, 2.05) is 0 Å². The molecule has 186 valence electrons. The van der Waals surface area contributed by atoms with E-state index in [1.54, 1.807) is 63.9 Å². The van der Waals surface area contributed by atoms with E-state index in [0.29, 0.717) is 23.7 Å². The van der Waals surface area contributed by atoms with Crippen LogP contribution in [0.4, 0.5) is 0 Å². The molecule has 0 nitrogen and oxygen atoms in total. The van der Waals surface area contributed by atoms with Crippen molar-refractivity contribution in [2.45, 2.75) is 108 Å². The van der Waals surface area contributed by atoms with Crippen molar-refractivity contribution in [2.75, 3.05) is 0 Å². The molecule has 5 rings (SSSR count). The van der Waals surface area contributed by atoms with E-state index in [4.69, 9.17) is 0 Å². The van der Waals surface area contributed by atoms with Crippen LogP contribution in [0.15, 0.2) is 35.4 Å². The molecule has 0 amide bonds. The molecule has 0 radical (unpaired) electrons. The van der Waals surface area contributed by atoms with Crippen molar-refractivity contribution in [1.29, 1.82) is 0 Å². The van der Waals surface area contributed by atoms with Crippen LogP contribution in [0.1, 0.15) is 145 Å². The minimum atomic E-state index is -2.56. The Bertz CT molecular complexity index is 1140. The number of hydrogen-bond acceptors (Lipinski definition) is 0. The molecule has 0 bridgehead atoms. The number of rotatable bonds is 6. The Hall–Kier alpha value is -1.20. The quantitative estimate of drug-likeness (QED) is 0.338. The van der Waals surface area contributed by atoms with Crippen LogP contribution in [0.3, 0.4) is 0 Å². The summed E-state index contributed by atoms with van der Waals surface area (Å²) in [6.45, 7) is 23.9. The second-order valence-electron chi connectivity index (χ2n) is 13.2. The van der Waals surface area contributed by atoms with Gasteiger partial charge in [-0.3, -0.25) is 0 Å². The van der Waals surface area contributed by atoms with Gasteiger partial charge in [0.1, 0.15) is 0 Å². The molecule has 1 heterocycles. The fourth-order valence-electron chi connectivity index (χ4n) is 7.41. The SMILES string of the molecule is CC1=Cc2c(C(C)C)cc(C(C)C)cc2[CH]1[Zr]1([CH]2C(C)=Cc3c(C(C)C)cc(C(C)C)cc32)[CH2][CH2]1. The third kappa shape index (κ3) is 4.04. The van der Waals surface area contributed by atoms with Crippen molar-refractivity contribution < 1.29 is 20.3 Å². The minimum absolute atomic E-state index is 0.576. The third-order valence-electron chi connectivity index (χ3n) is 9.36. The topological polar surface area (TPSA) is 0 Å². The average Bonchev–Trinajstić information content (AvgIpc) is 3.36. The molecule has 2 aliphatic carbocycles. The first-order valence-electron chi connectivity index (χ1n) is 14.2. The van der Waals surface area contributed by atoms with Crippen molar-refractivity contribution in [1.82, 2.24) is 0 Å². The predicted molar refractivity (Wildman–Crippen MR) is 152 cm³/mol. The third-order valence-corrected chi connectivity index (χ3v) is 22.9. The van der Waals surface area contributed by atoms with Gasteiger partial charge in [0.2, 0.25) is 0 Å². The van der Waals surface area contributed by atoms with Gasteiger partial charge < -0.3 is 0 Å². The van der Waals surface area contributed by atoms with Crippen molar-refractivity contribution in [2.24, 2.45) is 0 Å². The Morgan fingerprint density at radius 2 is 0.943 bits per heavy atom. The maximum absolute atomic E-state index is 2.64. The molecule has 1 aliphatic heterocycles. The van der Waals surface area contributed by atoms with Gasteiger partial charge in [0, 0.05) is 0 Å². The van der Waals surface area contributed by atoms with E-state index >= 15 is 0 Å². The molecule has 0 aromatic heterocycles. The van der Waals surface area contributed by atoms with Gasteiger partial charge in [0.15, 0.2) is 0 Å². The van der Waals surface area contributed by atoms with Gasteiger partial charge in [-0.1, -0.05) is 0 Å². The standard InChI is InChI=1S/2C16H21.C2H4.Zr/c2*1-10(2)13-8-14-6-12(5)7-16(14)15(9-13)11(3)4;1-2;/h2*6-11H,1-5H3;1-2H2;. The van der Waals surface area contributed by atoms with Crippen LogP contribution in [-0.2, 0) is 20.3 Å². The average molecular weight is 546 g/mol. The van der Waals surface area contributed by atoms with Gasteiger partial charge in [0.25, 0.3) is 0 Å². The van der Waals surface area contributed by atoms with Crippen LogP contribution in [0.25, 0.3) is 12.2 Å². The molecule has 0 spiro atoms. The summed E-state index contributed by atoms with van der Waals surface area (Å²) in [5.74, 6) is 2.32. The second-order valence-corrected chi connectivity index (χ2v) is 24.6. The van der Waals surface area contributed by atoms with Crippen LogP contribution in [0.2, 0.25) is 8.26 Å². The van der Waals surface area contributed by atoms with Gasteiger partial charge in [-0.05, 0) is 0 Å². The molecule has 3 aliphatic rings. The Labute approximate surface area is 219 Å². The summed E-state index contributed by atoms with van der Waals surface area (Å²) in [5.41, 5.74) is 16.2. The molecule has 1 heteroatoms. The van der Waals surface area contributed by atoms with Crippen LogP contribution < -0.4 is 0 Å². The van der Waals surface area contributed by atoms with Gasteiger partial charge >= 0.3 is 221 Å². The first kappa shape index (κ1) is 25.5. The molecule has 2 unspecified atom stereocenters. The molecule has 2 atom stereocenters. The van der Waals surface area contributed by atoms with Crippen molar-refractivity contribution in [3.8, 4) is 0 Å². The van der Waals surface area contributed by atoms with Gasteiger partial charge in [-0.15, -0.1) is 0 Å². The summed E-state index contributed by atoms with van der Waals surface area (Å²) in [6.07, 6.45) is 5.21. The van der Waals surface area contributed by atoms with E-state index in [-0.39, 0.29) is 0 Å². The van der Waals surface area contributed by atoms with E-state index in [0.717, 1.165) is 7.25 Å². The van der Waals surface area contributed by atoms with Crippen molar-refractivity contribution >= 4 is 12.2 Å². The second kappa shape index (κ2) is 8.97. The summed E-state index contributed by atoms with van der Waals surface area (Å²) >= 11 is -2.56. The van der Waals surface area contributed by atoms with Crippen LogP contribution in [0, 0.1) is 0 Å². The molecule has 2 aromatic carbocycles. The monoisotopic (exact) mass is 544 g/mol. The molecular formula is C34H46Zr. The summed E-state index contributed by atoms with van der Waals surface area (Å²) in [7, 11) is 0. The fourth-order valence-corrected chi connectivity index (χ4v) is 25.1. The van der Waals surface area contributed by atoms with Crippen LogP contribution >= 0.6 is 0 Å². The number of allylic oxidation sites excluding steroid dienone is 2. The normalized spacial score (nSPS) is 22.2. The van der Waals surface area contributed by atoms with Crippen molar-refractivity contribution in [3.05, 3.63) is 79.9 Å². The fraction of sp³-hybridized carbons (Fsp3) is 0.529. The zero-order valence-corrected chi connectivity index (χ0v) is 26.3. The van der Waals surface area contributed by atoms with E-state index in [2.05, 4.69) is 106 Å². The van der Waals surface area contributed by atoms with E-state index < -0.39 is 20.3 Å². The predicted octanol–water partition coefficient (Wildman–Crippen LogP) is 10.8. The summed E-state index contributed by atoms with van der Waals surface area (Å²) in [6, 6.07) is 10.3. The van der Waals surface area contributed by atoms with E-state index in [9.17, 15) is 0 Å². The maximum atomic E-state index is 2.64. The molecular weight excluding hydrogens is 500 g/mol. The van der Waals surface area contributed by atoms with Gasteiger partial charge in [-0.2, -0.15) is 0 Å². The van der Waals surface area contributed by atoms with E-state index in [1.165, 1.54) is 0 Å². The van der Waals surface area contributed by atoms with Gasteiger partial charge in [-0.25, -0.2) is 0 Å². The number of fused-ring (bicyclic) bond motifs is 2. The number of benzene rings is 2. The molecule has 1 saturated heterocycles. The zero-order chi connectivity index (χ0) is 25.4. The van der Waals surface area contributed by atoms with Crippen LogP contribution in [0.5, 0.6) is 0 Å². The Morgan fingerprint density at radius 3 is 1.23 bits per heavy atom. The first-order chi connectivity index (χ1) is 16.5. The van der Waals surface area contributed by atoms with Gasteiger partial charge in [0.05, 0.1) is 0 Å². The number of hydrogen-bond donors (Lipinski definition) is 0. The first-order valence-corrected chi connectivity index (χ1v) is 20.5. The summed E-state index contributed by atoms with van der Waals surface area (Å²) < 4.78 is 4.59. The molecule has 35 heavy (non-hydrogen) atoms. The molecule has 0 saturated carbocycles. The zero-order valence-electron chi connectivity index (χ0n) is 23.8. The molecule has 0 N–H and O–H groups in total. The van der Waals surface area contributed by atoms with Crippen LogP contribution in [-0.4, -0.2) is 0 Å². The Kier molecular flexibility index (Phi) is 6.53. The molecule has 1 fully saturated rings. The molecule has 2 aromatic rings. The Balaban J connectivity index is 1.68.